The standard InChI is InChI=1S/C23H31N3O3/c27-16-18-7-11-25(12-8-18)15-17-9-13-26(14-10-17)20-3-1-19(2-4-20)21-5-6-22(28)24-23(21)29/h1-4,16-18,21H,5-15H2,(H,24,28,29). The van der Waals surface area contributed by atoms with E-state index in [2.05, 4.69) is 27.2 Å². The summed E-state index contributed by atoms with van der Waals surface area (Å²) in [4.78, 5) is 39.3. The molecule has 0 bridgehead atoms. The lowest BCUT2D eigenvalue weighted by Crippen LogP contribution is -2.41. The van der Waals surface area contributed by atoms with Crippen LogP contribution >= 0.6 is 0 Å². The number of rotatable bonds is 5. The fourth-order valence-electron chi connectivity index (χ4n) is 4.94. The molecule has 3 aliphatic rings. The topological polar surface area (TPSA) is 69.7 Å². The Kier molecular flexibility index (Phi) is 6.28. The molecule has 3 heterocycles. The molecule has 3 fully saturated rings. The van der Waals surface area contributed by atoms with Crippen molar-refractivity contribution >= 4 is 23.8 Å². The molecule has 1 atom stereocenters. The molecule has 0 saturated carbocycles. The smallest absolute Gasteiger partial charge is 0.234 e. The van der Waals surface area contributed by atoms with Crippen LogP contribution in [-0.4, -0.2) is 55.7 Å². The Hall–Kier alpha value is -2.21. The van der Waals surface area contributed by atoms with Crippen molar-refractivity contribution < 1.29 is 14.4 Å². The quantitative estimate of drug-likeness (QED) is 0.610. The van der Waals surface area contributed by atoms with Gasteiger partial charge in [-0.15, -0.1) is 0 Å². The van der Waals surface area contributed by atoms with E-state index in [1.165, 1.54) is 18.5 Å². The molecule has 0 aliphatic carbocycles. The number of carbonyl (C=O) groups is 3. The largest absolute Gasteiger partial charge is 0.372 e. The Labute approximate surface area is 172 Å². The maximum atomic E-state index is 12.1. The molecule has 1 unspecified atom stereocenters. The van der Waals surface area contributed by atoms with Crippen LogP contribution in [0.15, 0.2) is 24.3 Å². The highest BCUT2D eigenvalue weighted by Crippen LogP contribution is 2.29. The average Bonchev–Trinajstić information content (AvgIpc) is 2.75. The summed E-state index contributed by atoms with van der Waals surface area (Å²) in [6.07, 6.45) is 6.56. The summed E-state index contributed by atoms with van der Waals surface area (Å²) < 4.78 is 0. The van der Waals surface area contributed by atoms with E-state index in [1.807, 2.05) is 12.1 Å². The van der Waals surface area contributed by atoms with Crippen molar-refractivity contribution in [3.8, 4) is 0 Å². The number of nitrogens with one attached hydrogen (secondary N) is 1. The Morgan fingerprint density at radius 2 is 1.62 bits per heavy atom. The Morgan fingerprint density at radius 3 is 2.24 bits per heavy atom. The zero-order valence-electron chi connectivity index (χ0n) is 17.0. The second kappa shape index (κ2) is 9.08. The molecule has 0 radical (unpaired) electrons. The fourth-order valence-corrected chi connectivity index (χ4v) is 4.94. The Bertz CT molecular complexity index is 732. The maximum Gasteiger partial charge on any atom is 0.234 e. The SMILES string of the molecule is O=CC1CCN(CC2CCN(c3ccc(C4CCC(=O)NC4=O)cc3)CC2)CC1. The number of benzene rings is 1. The van der Waals surface area contributed by atoms with Crippen LogP contribution in [0.1, 0.15) is 50.0 Å². The van der Waals surface area contributed by atoms with E-state index in [0.717, 1.165) is 63.3 Å². The van der Waals surface area contributed by atoms with Crippen LogP contribution in [0, 0.1) is 11.8 Å². The van der Waals surface area contributed by atoms with Crippen LogP contribution in [0.3, 0.4) is 0 Å². The number of amides is 2. The summed E-state index contributed by atoms with van der Waals surface area (Å²) in [5.41, 5.74) is 2.21. The van der Waals surface area contributed by atoms with E-state index >= 15 is 0 Å². The molecule has 6 nitrogen and oxygen atoms in total. The zero-order chi connectivity index (χ0) is 20.2. The van der Waals surface area contributed by atoms with Crippen LogP contribution < -0.4 is 10.2 Å². The van der Waals surface area contributed by atoms with E-state index in [-0.39, 0.29) is 23.7 Å². The van der Waals surface area contributed by atoms with Gasteiger partial charge >= 0.3 is 0 Å². The molecular weight excluding hydrogens is 366 g/mol. The Morgan fingerprint density at radius 1 is 0.931 bits per heavy atom. The van der Waals surface area contributed by atoms with Crippen LogP contribution in [-0.2, 0) is 14.4 Å². The molecule has 4 rings (SSSR count). The fraction of sp³-hybridized carbons (Fsp3) is 0.609. The van der Waals surface area contributed by atoms with Crippen LogP contribution in [0.25, 0.3) is 0 Å². The Balaban J connectivity index is 1.26. The molecule has 2 amide bonds. The van der Waals surface area contributed by atoms with E-state index in [1.54, 1.807) is 0 Å². The predicted octanol–water partition coefficient (Wildman–Crippen LogP) is 2.33. The lowest BCUT2D eigenvalue weighted by atomic mass is 9.90. The van der Waals surface area contributed by atoms with Gasteiger partial charge in [0.05, 0.1) is 5.92 Å². The van der Waals surface area contributed by atoms with Crippen molar-refractivity contribution in [3.63, 3.8) is 0 Å². The minimum absolute atomic E-state index is 0.168. The first-order valence-electron chi connectivity index (χ1n) is 11.0. The molecular formula is C23H31N3O3. The average molecular weight is 398 g/mol. The number of hydrogen-bond donors (Lipinski definition) is 1. The minimum Gasteiger partial charge on any atom is -0.372 e. The first-order chi connectivity index (χ1) is 14.1. The van der Waals surface area contributed by atoms with Gasteiger partial charge in [-0.05, 0) is 68.8 Å². The molecule has 29 heavy (non-hydrogen) atoms. The first kappa shape index (κ1) is 20.1. The third kappa shape index (κ3) is 4.86. The second-order valence-electron chi connectivity index (χ2n) is 8.80. The van der Waals surface area contributed by atoms with Gasteiger partial charge in [-0.2, -0.15) is 0 Å². The summed E-state index contributed by atoms with van der Waals surface area (Å²) in [6, 6.07) is 8.31. The second-order valence-corrected chi connectivity index (χ2v) is 8.80. The minimum atomic E-state index is -0.212. The number of aldehydes is 1. The van der Waals surface area contributed by atoms with Gasteiger partial charge in [-0.1, -0.05) is 12.1 Å². The van der Waals surface area contributed by atoms with Gasteiger partial charge in [0.15, 0.2) is 0 Å². The number of imide groups is 1. The van der Waals surface area contributed by atoms with Gasteiger partial charge in [-0.3, -0.25) is 14.9 Å². The van der Waals surface area contributed by atoms with Crippen LogP contribution in [0.4, 0.5) is 5.69 Å². The molecule has 0 aromatic heterocycles. The van der Waals surface area contributed by atoms with Gasteiger partial charge in [0.2, 0.25) is 11.8 Å². The summed E-state index contributed by atoms with van der Waals surface area (Å²) in [6.45, 7) is 5.41. The van der Waals surface area contributed by atoms with Gasteiger partial charge in [0.1, 0.15) is 6.29 Å². The predicted molar refractivity (Wildman–Crippen MR) is 112 cm³/mol. The van der Waals surface area contributed by atoms with E-state index in [9.17, 15) is 14.4 Å². The molecule has 3 aliphatic heterocycles. The highest BCUT2D eigenvalue weighted by molar-refractivity contribution is 6.00. The van der Waals surface area contributed by atoms with Crippen molar-refractivity contribution in [3.05, 3.63) is 29.8 Å². The zero-order valence-corrected chi connectivity index (χ0v) is 17.0. The van der Waals surface area contributed by atoms with Gasteiger partial charge in [0.25, 0.3) is 0 Å². The number of nitrogens with zero attached hydrogens (tertiary/aromatic N) is 2. The number of carbonyl (C=O) groups excluding carboxylic acids is 3. The molecule has 0 spiro atoms. The summed E-state index contributed by atoms with van der Waals surface area (Å²) >= 11 is 0. The number of piperidine rings is 3. The molecule has 1 aromatic carbocycles. The summed E-state index contributed by atoms with van der Waals surface area (Å²) in [7, 11) is 0. The normalized spacial score (nSPS) is 25.1. The van der Waals surface area contributed by atoms with Gasteiger partial charge in [-0.25, -0.2) is 0 Å². The number of hydrogen-bond acceptors (Lipinski definition) is 5. The highest BCUT2D eigenvalue weighted by Gasteiger charge is 2.28. The monoisotopic (exact) mass is 397 g/mol. The van der Waals surface area contributed by atoms with Crippen molar-refractivity contribution in [2.45, 2.75) is 44.4 Å². The van der Waals surface area contributed by atoms with Crippen molar-refractivity contribution in [1.29, 1.82) is 0 Å². The first-order valence-corrected chi connectivity index (χ1v) is 11.0. The van der Waals surface area contributed by atoms with Gasteiger partial charge in [0, 0.05) is 37.7 Å². The van der Waals surface area contributed by atoms with Crippen LogP contribution in [0.2, 0.25) is 0 Å². The number of anilines is 1. The third-order valence-electron chi connectivity index (χ3n) is 6.86. The highest BCUT2D eigenvalue weighted by atomic mass is 16.2. The maximum absolute atomic E-state index is 12.1. The molecule has 1 N–H and O–H groups in total. The van der Waals surface area contributed by atoms with Crippen molar-refractivity contribution in [2.75, 3.05) is 37.6 Å². The molecule has 1 aromatic rings. The summed E-state index contributed by atoms with van der Waals surface area (Å²) in [5, 5.41) is 2.44. The molecule has 156 valence electrons. The van der Waals surface area contributed by atoms with E-state index in [4.69, 9.17) is 0 Å². The lowest BCUT2D eigenvalue weighted by Gasteiger charge is -2.38. The lowest BCUT2D eigenvalue weighted by molar-refractivity contribution is -0.134. The third-order valence-corrected chi connectivity index (χ3v) is 6.86. The van der Waals surface area contributed by atoms with Crippen LogP contribution in [0.5, 0.6) is 0 Å². The number of likely N-dealkylation sites (tertiary alicyclic amines) is 1. The molecule has 3 saturated heterocycles. The molecule has 6 heteroatoms. The van der Waals surface area contributed by atoms with Crippen molar-refractivity contribution in [1.82, 2.24) is 10.2 Å². The summed E-state index contributed by atoms with van der Waals surface area (Å²) in [5.74, 6) is 0.458. The van der Waals surface area contributed by atoms with E-state index in [0.29, 0.717) is 12.8 Å². The van der Waals surface area contributed by atoms with Gasteiger partial charge < -0.3 is 14.6 Å². The van der Waals surface area contributed by atoms with Crippen molar-refractivity contribution in [2.24, 2.45) is 11.8 Å². The van der Waals surface area contributed by atoms with E-state index < -0.39 is 0 Å².